The molecule has 1 heterocycles. The Morgan fingerprint density at radius 3 is 2.72 bits per heavy atom. The van der Waals surface area contributed by atoms with Gasteiger partial charge in [-0.25, -0.2) is 8.42 Å². The van der Waals surface area contributed by atoms with Gasteiger partial charge in [-0.05, 0) is 24.6 Å². The van der Waals surface area contributed by atoms with E-state index < -0.39 is 10.0 Å². The summed E-state index contributed by atoms with van der Waals surface area (Å²) in [5.74, 6) is 0. The van der Waals surface area contributed by atoms with Gasteiger partial charge in [0.25, 0.3) is 0 Å². The van der Waals surface area contributed by atoms with E-state index in [0.29, 0.717) is 25.1 Å². The van der Waals surface area contributed by atoms with Crippen molar-refractivity contribution in [1.29, 1.82) is 5.26 Å². The Hall–Kier alpha value is -1.13. The van der Waals surface area contributed by atoms with Crippen molar-refractivity contribution in [3.8, 4) is 6.07 Å². The van der Waals surface area contributed by atoms with Gasteiger partial charge >= 0.3 is 0 Å². The van der Waals surface area contributed by atoms with Crippen LogP contribution in [0.15, 0.2) is 23.1 Å². The van der Waals surface area contributed by atoms with Crippen LogP contribution in [-0.4, -0.2) is 31.9 Å². The van der Waals surface area contributed by atoms with Crippen LogP contribution in [0.25, 0.3) is 0 Å². The van der Waals surface area contributed by atoms with Crippen LogP contribution in [-0.2, 0) is 10.0 Å². The number of benzene rings is 1. The molecule has 1 aromatic rings. The molecule has 1 unspecified atom stereocenters. The minimum atomic E-state index is -3.62. The highest BCUT2D eigenvalue weighted by Gasteiger charge is 2.32. The van der Waals surface area contributed by atoms with Crippen molar-refractivity contribution in [2.24, 2.45) is 5.73 Å². The quantitative estimate of drug-likeness (QED) is 0.876. The summed E-state index contributed by atoms with van der Waals surface area (Å²) in [4.78, 5) is 0.0252. The number of hydrogen-bond acceptors (Lipinski definition) is 4. The van der Waals surface area contributed by atoms with Gasteiger partial charge in [0.2, 0.25) is 10.0 Å². The maximum atomic E-state index is 12.3. The van der Waals surface area contributed by atoms with Crippen molar-refractivity contribution in [3.63, 3.8) is 0 Å². The van der Waals surface area contributed by atoms with Gasteiger partial charge in [0, 0.05) is 19.1 Å². The fourth-order valence-electron chi connectivity index (χ4n) is 1.89. The highest BCUT2D eigenvalue weighted by atomic mass is 35.5. The lowest BCUT2D eigenvalue weighted by Crippen LogP contribution is -2.32. The van der Waals surface area contributed by atoms with Crippen LogP contribution >= 0.6 is 11.6 Å². The summed E-state index contributed by atoms with van der Waals surface area (Å²) in [6.07, 6.45) is 0.646. The first-order valence-corrected chi connectivity index (χ1v) is 7.22. The first kappa shape index (κ1) is 13.3. The lowest BCUT2D eigenvalue weighted by atomic mass is 10.2. The van der Waals surface area contributed by atoms with Crippen LogP contribution in [0.3, 0.4) is 0 Å². The molecule has 0 spiro atoms. The van der Waals surface area contributed by atoms with E-state index >= 15 is 0 Å². The first-order chi connectivity index (χ1) is 8.45. The topological polar surface area (TPSA) is 87.2 Å². The Balaban J connectivity index is 2.39. The third kappa shape index (κ3) is 2.35. The largest absolute Gasteiger partial charge is 0.326 e. The second-order valence-electron chi connectivity index (χ2n) is 4.17. The Morgan fingerprint density at radius 2 is 2.22 bits per heavy atom. The summed E-state index contributed by atoms with van der Waals surface area (Å²) in [5.41, 5.74) is 6.03. The number of rotatable bonds is 2. The number of sulfonamides is 1. The Bertz CT molecular complexity index is 609. The van der Waals surface area contributed by atoms with Crippen molar-refractivity contribution in [1.82, 2.24) is 4.31 Å². The zero-order valence-corrected chi connectivity index (χ0v) is 11.1. The number of nitrogens with zero attached hydrogens (tertiary/aromatic N) is 2. The van der Waals surface area contributed by atoms with Gasteiger partial charge in [0.05, 0.1) is 16.7 Å². The van der Waals surface area contributed by atoms with Gasteiger partial charge in [-0.15, -0.1) is 0 Å². The van der Waals surface area contributed by atoms with Gasteiger partial charge in [0.15, 0.2) is 0 Å². The highest BCUT2D eigenvalue weighted by molar-refractivity contribution is 7.89. The highest BCUT2D eigenvalue weighted by Crippen LogP contribution is 2.27. The summed E-state index contributed by atoms with van der Waals surface area (Å²) in [7, 11) is -3.62. The fraction of sp³-hybridized carbons (Fsp3) is 0.364. The van der Waals surface area contributed by atoms with E-state index in [0.717, 1.165) is 0 Å². The summed E-state index contributed by atoms with van der Waals surface area (Å²) >= 11 is 5.92. The van der Waals surface area contributed by atoms with Gasteiger partial charge in [-0.3, -0.25) is 0 Å². The van der Waals surface area contributed by atoms with Crippen LogP contribution in [0.5, 0.6) is 0 Å². The fourth-order valence-corrected chi connectivity index (χ4v) is 3.92. The molecule has 0 amide bonds. The van der Waals surface area contributed by atoms with E-state index in [9.17, 15) is 8.42 Å². The standard InChI is InChI=1S/C11H12ClN3O2S/c12-10-5-8(6-13)1-2-11(10)18(16,17)15-4-3-9(14)7-15/h1-2,5,9H,3-4,7,14H2. The van der Waals surface area contributed by atoms with E-state index in [1.165, 1.54) is 22.5 Å². The van der Waals surface area contributed by atoms with Crippen LogP contribution in [0.4, 0.5) is 0 Å². The Morgan fingerprint density at radius 1 is 1.50 bits per heavy atom. The summed E-state index contributed by atoms with van der Waals surface area (Å²) in [5, 5.41) is 8.78. The van der Waals surface area contributed by atoms with E-state index in [1.807, 2.05) is 6.07 Å². The maximum absolute atomic E-state index is 12.3. The zero-order chi connectivity index (χ0) is 13.3. The molecule has 1 aliphatic heterocycles. The molecule has 1 fully saturated rings. The van der Waals surface area contributed by atoms with Crippen molar-refractivity contribution in [3.05, 3.63) is 28.8 Å². The van der Waals surface area contributed by atoms with Crippen molar-refractivity contribution in [2.45, 2.75) is 17.4 Å². The molecule has 0 saturated carbocycles. The van der Waals surface area contributed by atoms with E-state index in [4.69, 9.17) is 22.6 Å². The van der Waals surface area contributed by atoms with Gasteiger partial charge in [-0.1, -0.05) is 11.6 Å². The van der Waals surface area contributed by atoms with Gasteiger partial charge < -0.3 is 5.73 Å². The van der Waals surface area contributed by atoms with Gasteiger partial charge in [-0.2, -0.15) is 9.57 Å². The number of halogens is 1. The average Bonchev–Trinajstić information content (AvgIpc) is 2.76. The van der Waals surface area contributed by atoms with Gasteiger partial charge in [0.1, 0.15) is 4.90 Å². The predicted octanol–water partition coefficient (Wildman–Crippen LogP) is 0.933. The minimum absolute atomic E-state index is 0.0252. The normalized spacial score (nSPS) is 20.8. The minimum Gasteiger partial charge on any atom is -0.326 e. The summed E-state index contributed by atoms with van der Waals surface area (Å²) < 4.78 is 25.9. The third-order valence-corrected chi connectivity index (χ3v) is 5.21. The summed E-state index contributed by atoms with van der Waals surface area (Å²) in [6, 6.07) is 5.93. The number of hydrogen-bond donors (Lipinski definition) is 1. The molecule has 5 nitrogen and oxygen atoms in total. The monoisotopic (exact) mass is 285 g/mol. The zero-order valence-electron chi connectivity index (χ0n) is 9.51. The van der Waals surface area contributed by atoms with E-state index in [1.54, 1.807) is 0 Å². The SMILES string of the molecule is N#Cc1ccc(S(=O)(=O)N2CCC(N)C2)c(Cl)c1. The van der Waals surface area contributed by atoms with Crippen LogP contribution in [0.2, 0.25) is 5.02 Å². The molecule has 0 aliphatic carbocycles. The predicted molar refractivity (Wildman–Crippen MR) is 67.5 cm³/mol. The van der Waals surface area contributed by atoms with Crippen molar-refractivity contribution >= 4 is 21.6 Å². The van der Waals surface area contributed by atoms with Crippen LogP contribution in [0.1, 0.15) is 12.0 Å². The molecule has 2 N–H and O–H groups in total. The molecule has 96 valence electrons. The molecule has 1 aromatic carbocycles. The molecule has 2 rings (SSSR count). The molecule has 1 saturated heterocycles. The van der Waals surface area contributed by atoms with Crippen LogP contribution in [0, 0.1) is 11.3 Å². The second-order valence-corrected chi connectivity index (χ2v) is 6.48. The van der Waals surface area contributed by atoms with Crippen molar-refractivity contribution in [2.75, 3.05) is 13.1 Å². The number of nitrogens with two attached hydrogens (primary N) is 1. The summed E-state index contributed by atoms with van der Waals surface area (Å²) in [6.45, 7) is 0.707. The smallest absolute Gasteiger partial charge is 0.244 e. The molecule has 7 heteroatoms. The Labute approximate surface area is 111 Å². The second kappa shape index (κ2) is 4.86. The lowest BCUT2D eigenvalue weighted by Gasteiger charge is -2.16. The maximum Gasteiger partial charge on any atom is 0.244 e. The first-order valence-electron chi connectivity index (χ1n) is 5.40. The molecule has 0 radical (unpaired) electrons. The van der Waals surface area contributed by atoms with Crippen molar-refractivity contribution < 1.29 is 8.42 Å². The lowest BCUT2D eigenvalue weighted by molar-refractivity contribution is 0.472. The van der Waals surface area contributed by atoms with Crippen LogP contribution < -0.4 is 5.73 Å². The molecular formula is C11H12ClN3O2S. The molecular weight excluding hydrogens is 274 g/mol. The average molecular weight is 286 g/mol. The third-order valence-electron chi connectivity index (χ3n) is 2.87. The molecule has 18 heavy (non-hydrogen) atoms. The molecule has 0 bridgehead atoms. The Kier molecular flexibility index (Phi) is 3.59. The number of nitriles is 1. The molecule has 1 atom stereocenters. The molecule has 0 aromatic heterocycles. The van der Waals surface area contributed by atoms with E-state index in [2.05, 4.69) is 0 Å². The molecule has 1 aliphatic rings. The van der Waals surface area contributed by atoms with E-state index in [-0.39, 0.29) is 16.0 Å².